The molecule has 2 unspecified atom stereocenters. The van der Waals surface area contributed by atoms with Crippen LogP contribution in [0.1, 0.15) is 97.8 Å². The first kappa shape index (κ1) is 33.7. The van der Waals surface area contributed by atoms with Gasteiger partial charge in [-0.15, -0.1) is 11.6 Å². The molecule has 0 aromatic rings. The summed E-state index contributed by atoms with van der Waals surface area (Å²) < 4.78 is 13.8. The van der Waals surface area contributed by atoms with Gasteiger partial charge in [0.1, 0.15) is 6.10 Å². The van der Waals surface area contributed by atoms with Gasteiger partial charge >= 0.3 is 16.3 Å². The summed E-state index contributed by atoms with van der Waals surface area (Å²) in [5.41, 5.74) is -2.15. The summed E-state index contributed by atoms with van der Waals surface area (Å²) in [6.07, 6.45) is 13.4. The van der Waals surface area contributed by atoms with E-state index in [4.69, 9.17) is 51.1 Å². The zero-order valence-corrected chi connectivity index (χ0v) is 22.4. The summed E-state index contributed by atoms with van der Waals surface area (Å²) in [4.78, 5) is 30.3. The van der Waals surface area contributed by atoms with Gasteiger partial charge in [0.25, 0.3) is 0 Å². The number of rotatable bonds is 11. The Morgan fingerprint density at radius 1 is 0.844 bits per heavy atom. The molecule has 2 atom stereocenters. The Kier molecular flexibility index (Phi) is 25.0. The van der Waals surface area contributed by atoms with E-state index < -0.39 is 16.3 Å². The van der Waals surface area contributed by atoms with E-state index in [1.165, 1.54) is 38.5 Å². The fraction of sp³-hybridized carbons (Fsp3) is 0.864. The Labute approximate surface area is 212 Å². The molecule has 0 aromatic carbocycles. The lowest BCUT2D eigenvalue weighted by Crippen LogP contribution is -2.23. The van der Waals surface area contributed by atoms with Crippen molar-refractivity contribution >= 4 is 62.7 Å². The highest BCUT2D eigenvalue weighted by Crippen LogP contribution is 2.25. The number of halogens is 4. The first-order valence-electron chi connectivity index (χ1n) is 11.3. The third-order valence-electron chi connectivity index (χ3n) is 4.36. The highest BCUT2D eigenvalue weighted by molar-refractivity contribution is 6.61. The Balaban J connectivity index is 0. The summed E-state index contributed by atoms with van der Waals surface area (Å²) in [6.45, 7) is 6.17. The lowest BCUT2D eigenvalue weighted by molar-refractivity contribution is 0.0966. The second kappa shape index (κ2) is 23.7. The minimum absolute atomic E-state index is 0.0590. The smallest absolute Gasteiger partial charge is 0.404 e. The monoisotopic (exact) mass is 538 g/mol. The van der Waals surface area contributed by atoms with Gasteiger partial charge in [-0.2, -0.15) is 0 Å². The number of carbonyl (C=O) groups excluding carboxylic acids is 3. The van der Waals surface area contributed by atoms with Crippen LogP contribution >= 0.6 is 46.4 Å². The maximum Gasteiger partial charge on any atom is 0.404 e. The number of alkyl halides is 1. The normalized spacial score (nSPS) is 17.2. The lowest BCUT2D eigenvalue weighted by Gasteiger charge is -2.23. The summed E-state index contributed by atoms with van der Waals surface area (Å²) in [5, 5.41) is 0.143. The molecule has 10 heteroatoms. The molecule has 0 bridgehead atoms. The van der Waals surface area contributed by atoms with Gasteiger partial charge < -0.3 is 14.2 Å². The fourth-order valence-electron chi connectivity index (χ4n) is 2.90. The Morgan fingerprint density at radius 2 is 1.41 bits per heavy atom. The summed E-state index contributed by atoms with van der Waals surface area (Å²) in [6, 6.07) is 0. The molecule has 1 rings (SSSR count). The minimum Gasteiger partial charge on any atom is -0.454 e. The zero-order chi connectivity index (χ0) is 24.8. The van der Waals surface area contributed by atoms with Crippen LogP contribution in [0.2, 0.25) is 0 Å². The third-order valence-corrected chi connectivity index (χ3v) is 5.05. The Hall–Kier alpha value is -0.430. The first-order chi connectivity index (χ1) is 15.1. The van der Waals surface area contributed by atoms with Crippen molar-refractivity contribution in [1.29, 1.82) is 0 Å². The SMILES string of the molecule is CC(C)OC(=O)Cl.CCCCCCCCCCOC(=O)Cl.O=C(Cl)OC1CCCC(Cl)C1. The van der Waals surface area contributed by atoms with Gasteiger partial charge in [0, 0.05) is 46.6 Å². The standard InChI is InChI=1S/C11H21ClO2.C7H10Cl2O2.C4H7ClO2/c1-2-3-4-5-6-7-8-9-10-14-11(12)13;8-5-2-1-3-6(4-5)11-7(9)10;1-3(2)7-4(5)6/h2-10H2,1H3;5-6H,1-4H2;3H,1-2H3. The third kappa shape index (κ3) is 29.6. The minimum atomic E-state index is -0.741. The van der Waals surface area contributed by atoms with Gasteiger partial charge in [0.05, 0.1) is 12.7 Å². The molecular formula is C22H38Cl4O6. The van der Waals surface area contributed by atoms with Crippen LogP contribution in [-0.4, -0.2) is 40.5 Å². The van der Waals surface area contributed by atoms with E-state index in [0.29, 0.717) is 6.61 Å². The first-order valence-corrected chi connectivity index (χ1v) is 12.8. The molecule has 1 fully saturated rings. The van der Waals surface area contributed by atoms with Crippen LogP contribution in [0.4, 0.5) is 14.4 Å². The predicted molar refractivity (Wildman–Crippen MR) is 132 cm³/mol. The number of carbonyl (C=O) groups is 3. The summed E-state index contributed by atoms with van der Waals surface area (Å²) in [5.74, 6) is 0. The summed E-state index contributed by atoms with van der Waals surface area (Å²) in [7, 11) is 0. The van der Waals surface area contributed by atoms with Gasteiger partial charge in [-0.1, -0.05) is 51.9 Å². The number of hydrogen-bond acceptors (Lipinski definition) is 6. The number of unbranched alkanes of at least 4 members (excludes halogenated alkanes) is 7. The van der Waals surface area contributed by atoms with Gasteiger partial charge in [0.15, 0.2) is 0 Å². The molecule has 0 radical (unpaired) electrons. The second-order valence-electron chi connectivity index (χ2n) is 7.71. The van der Waals surface area contributed by atoms with Gasteiger partial charge in [-0.25, -0.2) is 14.4 Å². The van der Waals surface area contributed by atoms with E-state index in [0.717, 1.165) is 38.5 Å². The average Bonchev–Trinajstić information content (AvgIpc) is 2.66. The van der Waals surface area contributed by atoms with E-state index >= 15 is 0 Å². The van der Waals surface area contributed by atoms with Gasteiger partial charge in [0.2, 0.25) is 0 Å². The number of hydrogen-bond donors (Lipinski definition) is 0. The maximum absolute atomic E-state index is 10.3. The maximum atomic E-state index is 10.3. The quantitative estimate of drug-likeness (QED) is 0.113. The van der Waals surface area contributed by atoms with Crippen molar-refractivity contribution in [3.63, 3.8) is 0 Å². The van der Waals surface area contributed by atoms with Crippen LogP contribution < -0.4 is 0 Å². The summed E-state index contributed by atoms with van der Waals surface area (Å²) >= 11 is 20.7. The van der Waals surface area contributed by atoms with Gasteiger partial charge in [-0.3, -0.25) is 0 Å². The molecule has 0 spiro atoms. The van der Waals surface area contributed by atoms with Crippen molar-refractivity contribution in [2.45, 2.75) is 115 Å². The van der Waals surface area contributed by atoms with Crippen molar-refractivity contribution in [3.8, 4) is 0 Å². The van der Waals surface area contributed by atoms with Crippen LogP contribution in [0.3, 0.4) is 0 Å². The van der Waals surface area contributed by atoms with Crippen LogP contribution in [0.5, 0.6) is 0 Å². The Bertz CT molecular complexity index is 491. The molecule has 6 nitrogen and oxygen atoms in total. The largest absolute Gasteiger partial charge is 0.454 e. The molecule has 1 aliphatic carbocycles. The second-order valence-corrected chi connectivity index (χ2v) is 9.25. The van der Waals surface area contributed by atoms with Crippen LogP contribution in [-0.2, 0) is 14.2 Å². The number of ether oxygens (including phenoxy) is 3. The fourth-order valence-corrected chi connectivity index (χ4v) is 3.63. The molecule has 0 saturated heterocycles. The highest BCUT2D eigenvalue weighted by atomic mass is 35.5. The van der Waals surface area contributed by atoms with Gasteiger partial charge in [-0.05, 0) is 39.5 Å². The van der Waals surface area contributed by atoms with E-state index in [-0.39, 0.29) is 17.6 Å². The topological polar surface area (TPSA) is 78.9 Å². The molecule has 1 aliphatic rings. The molecule has 0 heterocycles. The Morgan fingerprint density at radius 3 is 1.81 bits per heavy atom. The molecule has 190 valence electrons. The molecule has 0 aliphatic heterocycles. The molecule has 1 saturated carbocycles. The van der Waals surface area contributed by atoms with Crippen molar-refractivity contribution in [3.05, 3.63) is 0 Å². The lowest BCUT2D eigenvalue weighted by atomic mass is 9.97. The highest BCUT2D eigenvalue weighted by Gasteiger charge is 2.22. The van der Waals surface area contributed by atoms with Crippen molar-refractivity contribution in [2.75, 3.05) is 6.61 Å². The van der Waals surface area contributed by atoms with Crippen molar-refractivity contribution < 1.29 is 28.6 Å². The zero-order valence-electron chi connectivity index (χ0n) is 19.4. The molecular weight excluding hydrogens is 502 g/mol. The molecule has 0 amide bonds. The molecule has 32 heavy (non-hydrogen) atoms. The van der Waals surface area contributed by atoms with Crippen LogP contribution in [0.25, 0.3) is 0 Å². The van der Waals surface area contributed by atoms with E-state index in [1.54, 1.807) is 13.8 Å². The molecule has 0 N–H and O–H groups in total. The van der Waals surface area contributed by atoms with E-state index in [9.17, 15) is 14.4 Å². The van der Waals surface area contributed by atoms with E-state index in [1.807, 2.05) is 0 Å². The predicted octanol–water partition coefficient (Wildman–Crippen LogP) is 9.18. The average molecular weight is 540 g/mol. The molecule has 0 aromatic heterocycles. The van der Waals surface area contributed by atoms with Crippen LogP contribution in [0, 0.1) is 0 Å². The van der Waals surface area contributed by atoms with Crippen molar-refractivity contribution in [1.82, 2.24) is 0 Å². The van der Waals surface area contributed by atoms with E-state index in [2.05, 4.69) is 16.4 Å². The van der Waals surface area contributed by atoms with Crippen molar-refractivity contribution in [2.24, 2.45) is 0 Å². The van der Waals surface area contributed by atoms with Crippen LogP contribution in [0.15, 0.2) is 0 Å².